The highest BCUT2D eigenvalue weighted by Crippen LogP contribution is 2.32. The number of halogens is 3. The van der Waals surface area contributed by atoms with Crippen LogP contribution in [0.2, 0.25) is 0 Å². The molecule has 2 amide bonds. The molecule has 0 bridgehead atoms. The third-order valence-electron chi connectivity index (χ3n) is 6.82. The van der Waals surface area contributed by atoms with E-state index < -0.39 is 47.3 Å². The van der Waals surface area contributed by atoms with E-state index >= 15 is 0 Å². The van der Waals surface area contributed by atoms with Crippen LogP contribution in [0.1, 0.15) is 52.5 Å². The van der Waals surface area contributed by atoms with Gasteiger partial charge in [0.25, 0.3) is 5.91 Å². The Morgan fingerprint density at radius 1 is 1.07 bits per heavy atom. The summed E-state index contributed by atoms with van der Waals surface area (Å²) < 4.78 is 40.4. The van der Waals surface area contributed by atoms with Crippen molar-refractivity contribution in [2.24, 2.45) is 5.41 Å². The monoisotopic (exact) mass is 575 g/mol. The lowest BCUT2D eigenvalue weighted by Crippen LogP contribution is -2.59. The van der Waals surface area contributed by atoms with Gasteiger partial charge in [-0.1, -0.05) is 58.7 Å². The number of hydrogen-bond acceptors (Lipinski definition) is 5. The predicted molar refractivity (Wildman–Crippen MR) is 148 cm³/mol. The Morgan fingerprint density at radius 3 is 2.29 bits per heavy atom. The standard InChI is InChI=1S/C29H36F3N5O4/c1-5-6-9-22(25(38)26(39)34-24-10-7-8-16-33-24)37(27(40)41)23(28(2,3)4)18-36-17-15-21(35-36)19-11-13-20(14-12-19)29(30,31)32/h7-8,10-17,22-23,25,38H,5-6,9,18H2,1-4H3,(H,40,41)(H,33,34,39)/t22-,23?,25-/m0/s1. The summed E-state index contributed by atoms with van der Waals surface area (Å²) in [7, 11) is 0. The molecule has 0 aliphatic rings. The number of pyridine rings is 1. The van der Waals surface area contributed by atoms with Gasteiger partial charge in [0.05, 0.1) is 29.9 Å². The van der Waals surface area contributed by atoms with E-state index in [1.807, 2.05) is 27.7 Å². The molecule has 0 radical (unpaired) electrons. The minimum atomic E-state index is -4.45. The van der Waals surface area contributed by atoms with Crippen LogP contribution in [0.25, 0.3) is 11.3 Å². The summed E-state index contributed by atoms with van der Waals surface area (Å²) in [4.78, 5) is 30.9. The molecule has 0 aliphatic heterocycles. The predicted octanol–water partition coefficient (Wildman–Crippen LogP) is 5.92. The summed E-state index contributed by atoms with van der Waals surface area (Å²) in [5, 5.41) is 28.6. The maximum absolute atomic E-state index is 13.0. The van der Waals surface area contributed by atoms with Crippen molar-refractivity contribution in [2.75, 3.05) is 5.32 Å². The number of carbonyl (C=O) groups is 2. The van der Waals surface area contributed by atoms with Crippen molar-refractivity contribution in [3.63, 3.8) is 0 Å². The van der Waals surface area contributed by atoms with Crippen LogP contribution in [0, 0.1) is 5.41 Å². The quantitative estimate of drug-likeness (QED) is 0.261. The van der Waals surface area contributed by atoms with Crippen molar-refractivity contribution in [3.8, 4) is 11.3 Å². The highest BCUT2D eigenvalue weighted by atomic mass is 19.4. The van der Waals surface area contributed by atoms with E-state index in [0.717, 1.165) is 17.0 Å². The molecule has 0 saturated carbocycles. The molecule has 0 spiro atoms. The molecule has 2 heterocycles. The van der Waals surface area contributed by atoms with Gasteiger partial charge >= 0.3 is 12.3 Å². The van der Waals surface area contributed by atoms with Gasteiger partial charge in [0.15, 0.2) is 6.10 Å². The summed E-state index contributed by atoms with van der Waals surface area (Å²) >= 11 is 0. The molecule has 12 heteroatoms. The number of nitrogens with zero attached hydrogens (tertiary/aromatic N) is 4. The average Bonchev–Trinajstić information content (AvgIpc) is 3.38. The molecule has 0 saturated heterocycles. The first-order valence-corrected chi connectivity index (χ1v) is 13.3. The number of carbonyl (C=O) groups excluding carboxylic acids is 1. The summed E-state index contributed by atoms with van der Waals surface area (Å²) in [6.45, 7) is 7.56. The van der Waals surface area contributed by atoms with E-state index in [1.54, 1.807) is 30.5 Å². The number of alkyl halides is 3. The van der Waals surface area contributed by atoms with Gasteiger partial charge in [-0.3, -0.25) is 14.4 Å². The molecule has 3 aromatic rings. The fraction of sp³-hybridized carbons (Fsp3) is 0.448. The summed E-state index contributed by atoms with van der Waals surface area (Å²) in [5.74, 6) is -0.542. The lowest BCUT2D eigenvalue weighted by Gasteiger charge is -2.44. The molecule has 9 nitrogen and oxygen atoms in total. The molecule has 3 atom stereocenters. The number of benzene rings is 1. The van der Waals surface area contributed by atoms with Crippen LogP contribution in [0.4, 0.5) is 23.8 Å². The number of aromatic nitrogens is 3. The SMILES string of the molecule is CCCC[C@@H]([C@H](O)C(=O)Nc1ccccn1)N(C(=O)O)C(Cn1ccc(-c2ccc(C(F)(F)F)cc2)n1)C(C)(C)C. The molecular formula is C29H36F3N5O4. The topological polar surface area (TPSA) is 121 Å². The number of amides is 2. The molecule has 3 N–H and O–H groups in total. The van der Waals surface area contributed by atoms with Gasteiger partial charge in [-0.05, 0) is 42.2 Å². The molecular weight excluding hydrogens is 539 g/mol. The number of carboxylic acid groups (broad SMARTS) is 1. The van der Waals surface area contributed by atoms with Gasteiger partial charge in [-0.15, -0.1) is 0 Å². The van der Waals surface area contributed by atoms with Crippen molar-refractivity contribution in [2.45, 2.75) is 77.9 Å². The van der Waals surface area contributed by atoms with Crippen molar-refractivity contribution < 1.29 is 33.0 Å². The van der Waals surface area contributed by atoms with Gasteiger partial charge in [-0.25, -0.2) is 9.78 Å². The second kappa shape index (κ2) is 13.2. The molecule has 3 rings (SSSR count). The fourth-order valence-electron chi connectivity index (χ4n) is 4.58. The zero-order valence-electron chi connectivity index (χ0n) is 23.5. The maximum atomic E-state index is 13.0. The van der Waals surface area contributed by atoms with Crippen LogP contribution < -0.4 is 5.32 Å². The van der Waals surface area contributed by atoms with Gasteiger partial charge in [0, 0.05) is 18.0 Å². The zero-order chi connectivity index (χ0) is 30.4. The molecule has 0 fully saturated rings. The smallest absolute Gasteiger partial charge is 0.416 e. The first kappa shape index (κ1) is 31.6. The van der Waals surface area contributed by atoms with E-state index in [9.17, 15) is 33.0 Å². The van der Waals surface area contributed by atoms with Crippen LogP contribution in [-0.4, -0.2) is 60.1 Å². The largest absolute Gasteiger partial charge is 0.465 e. The van der Waals surface area contributed by atoms with E-state index in [1.165, 1.54) is 23.0 Å². The van der Waals surface area contributed by atoms with E-state index in [0.29, 0.717) is 24.1 Å². The van der Waals surface area contributed by atoms with Crippen LogP contribution in [0.5, 0.6) is 0 Å². The van der Waals surface area contributed by atoms with Crippen LogP contribution in [-0.2, 0) is 17.5 Å². The van der Waals surface area contributed by atoms with Crippen molar-refractivity contribution in [3.05, 3.63) is 66.5 Å². The minimum absolute atomic E-state index is 0.0770. The number of nitrogens with one attached hydrogen (secondary N) is 1. The Bertz CT molecular complexity index is 1290. The Labute approximate surface area is 237 Å². The summed E-state index contributed by atoms with van der Waals surface area (Å²) in [6.07, 6.45) is -2.80. The van der Waals surface area contributed by atoms with Gasteiger partial charge < -0.3 is 15.5 Å². The fourth-order valence-corrected chi connectivity index (χ4v) is 4.58. The van der Waals surface area contributed by atoms with Crippen LogP contribution >= 0.6 is 0 Å². The molecule has 2 aromatic heterocycles. The second-order valence-corrected chi connectivity index (χ2v) is 10.9. The van der Waals surface area contributed by atoms with Crippen molar-refractivity contribution in [1.29, 1.82) is 0 Å². The molecule has 1 aromatic carbocycles. The van der Waals surface area contributed by atoms with E-state index in [4.69, 9.17) is 0 Å². The first-order valence-electron chi connectivity index (χ1n) is 13.3. The number of aliphatic hydroxyl groups is 1. The van der Waals surface area contributed by atoms with Gasteiger partial charge in [0.2, 0.25) is 0 Å². The number of anilines is 1. The molecule has 222 valence electrons. The second-order valence-electron chi connectivity index (χ2n) is 10.9. The molecule has 1 unspecified atom stereocenters. The van der Waals surface area contributed by atoms with E-state index in [2.05, 4.69) is 15.4 Å². The first-order chi connectivity index (χ1) is 19.2. The Kier molecular flexibility index (Phi) is 10.1. The Morgan fingerprint density at radius 2 is 1.76 bits per heavy atom. The number of rotatable bonds is 11. The zero-order valence-corrected chi connectivity index (χ0v) is 23.5. The number of hydrogen-bond donors (Lipinski definition) is 3. The third-order valence-corrected chi connectivity index (χ3v) is 6.82. The number of unbranched alkanes of at least 4 members (excludes halogenated alkanes) is 1. The van der Waals surface area contributed by atoms with E-state index in [-0.39, 0.29) is 18.8 Å². The third kappa shape index (κ3) is 8.29. The maximum Gasteiger partial charge on any atom is 0.416 e. The highest BCUT2D eigenvalue weighted by Gasteiger charge is 2.42. The van der Waals surface area contributed by atoms with Crippen LogP contribution in [0.15, 0.2) is 60.9 Å². The lowest BCUT2D eigenvalue weighted by atomic mass is 9.83. The molecule has 0 aliphatic carbocycles. The minimum Gasteiger partial charge on any atom is -0.465 e. The number of aliphatic hydroxyl groups excluding tert-OH is 1. The summed E-state index contributed by atoms with van der Waals surface area (Å²) in [6, 6.07) is 9.37. The lowest BCUT2D eigenvalue weighted by molar-refractivity contribution is -0.137. The van der Waals surface area contributed by atoms with Crippen molar-refractivity contribution >= 4 is 17.8 Å². The average molecular weight is 576 g/mol. The van der Waals surface area contributed by atoms with Crippen molar-refractivity contribution in [1.82, 2.24) is 19.7 Å². The van der Waals surface area contributed by atoms with Crippen LogP contribution in [0.3, 0.4) is 0 Å². The molecule has 41 heavy (non-hydrogen) atoms. The Balaban J connectivity index is 1.91. The highest BCUT2D eigenvalue weighted by molar-refractivity contribution is 5.94. The van der Waals surface area contributed by atoms with Gasteiger partial charge in [-0.2, -0.15) is 18.3 Å². The normalized spacial score (nSPS) is 14.2. The Hall–Kier alpha value is -3.93. The summed E-state index contributed by atoms with van der Waals surface area (Å²) in [5.41, 5.74) is -0.526. The van der Waals surface area contributed by atoms with Gasteiger partial charge in [0.1, 0.15) is 5.82 Å².